The minimum absolute atomic E-state index is 0.114. The molecule has 0 heterocycles. The Morgan fingerprint density at radius 3 is 1.44 bits per heavy atom. The molecule has 0 amide bonds. The second-order valence-corrected chi connectivity index (χ2v) is 8.75. The molecule has 0 radical (unpaired) electrons. The predicted octanol–water partition coefficient (Wildman–Crippen LogP) is 2.64. The largest absolute Gasteiger partial charge is 0.184 e. The fraction of sp³-hybridized carbons (Fsp3) is 1.00. The molecule has 0 aromatic carbocycles. The second kappa shape index (κ2) is 5.40. The fourth-order valence-electron chi connectivity index (χ4n) is 0.481. The summed E-state index contributed by atoms with van der Waals surface area (Å²) < 4.78 is 2.49. The molecule has 0 N–H and O–H groups in total. The third kappa shape index (κ3) is 4.23. The third-order valence-corrected chi connectivity index (χ3v) is 9.89. The molecule has 0 unspecified atom stereocenters. The van der Waals surface area contributed by atoms with E-state index in [9.17, 15) is 0 Å². The Balaban J connectivity index is 3.68. The molecule has 1 nitrogen and oxygen atoms in total. The number of hydrogen-bond donors (Lipinski definition) is 2. The summed E-state index contributed by atoms with van der Waals surface area (Å²) in [5.74, 6) is 0. The predicted molar refractivity (Wildman–Crippen MR) is 65.1 cm³/mol. The maximum Gasteiger partial charge on any atom is 0.0164 e. The molecule has 0 atom stereocenters. The zero-order valence-electron chi connectivity index (χ0n) is 6.13. The van der Waals surface area contributed by atoms with Crippen molar-refractivity contribution in [1.82, 2.24) is 3.12 Å². The van der Waals surface area contributed by atoms with Crippen LogP contribution in [0, 0.1) is 0 Å². The van der Waals surface area contributed by atoms with Gasteiger partial charge in [0.2, 0.25) is 0 Å². The average molecular weight is 299 g/mol. The summed E-state index contributed by atoms with van der Waals surface area (Å²) >= 11 is 2.58. The highest BCUT2D eigenvalue weighted by Gasteiger charge is 2.05. The van der Waals surface area contributed by atoms with Crippen LogP contribution in [0.15, 0.2) is 0 Å². The molecule has 9 heavy (non-hydrogen) atoms. The van der Waals surface area contributed by atoms with Gasteiger partial charge in [0.1, 0.15) is 0 Å². The molecular formula is C4H14INS3. The summed E-state index contributed by atoms with van der Waals surface area (Å²) in [6.07, 6.45) is 9.18. The standard InChI is InChI=1S/C4H14INS3/c1-8(2)6(7-5)9(3)4/h8-9H,1-4H3. The maximum absolute atomic E-state index is 2.49. The smallest absolute Gasteiger partial charge is 0.0164 e. The van der Waals surface area contributed by atoms with Crippen molar-refractivity contribution < 1.29 is 0 Å². The lowest BCUT2D eigenvalue weighted by Gasteiger charge is -2.30. The fourth-order valence-corrected chi connectivity index (χ4v) is 10.7. The third-order valence-electron chi connectivity index (χ3n) is 0.746. The first-order valence-corrected chi connectivity index (χ1v) is 10.2. The van der Waals surface area contributed by atoms with Gasteiger partial charge in [-0.1, -0.05) is 0 Å². The van der Waals surface area contributed by atoms with Gasteiger partial charge in [-0.05, 0) is 25.0 Å². The van der Waals surface area contributed by atoms with Crippen molar-refractivity contribution >= 4 is 52.5 Å². The van der Waals surface area contributed by atoms with Gasteiger partial charge in [0.15, 0.2) is 0 Å². The number of nitrogens with zero attached hydrogens (tertiary/aromatic N) is 1. The Hall–Kier alpha value is 1.74. The SMILES string of the molecule is C[SH](C)N(SI)[SH](C)C. The van der Waals surface area contributed by atoms with E-state index in [1.54, 1.807) is 0 Å². The highest BCUT2D eigenvalue weighted by atomic mass is 127. The van der Waals surface area contributed by atoms with Crippen LogP contribution in [-0.2, 0) is 0 Å². The van der Waals surface area contributed by atoms with E-state index in [1.165, 1.54) is 0 Å². The highest BCUT2D eigenvalue weighted by molar-refractivity contribution is 14.2. The molecule has 0 aromatic rings. The van der Waals surface area contributed by atoms with E-state index in [1.807, 2.05) is 9.12 Å². The molecule has 0 rings (SSSR count). The summed E-state index contributed by atoms with van der Waals surface area (Å²) in [5, 5.41) is 0. The second-order valence-electron chi connectivity index (χ2n) is 2.02. The van der Waals surface area contributed by atoms with E-state index in [4.69, 9.17) is 0 Å². The van der Waals surface area contributed by atoms with Crippen molar-refractivity contribution in [3.8, 4) is 0 Å². The molecule has 0 saturated carbocycles. The molecular weight excluding hydrogens is 285 g/mol. The van der Waals surface area contributed by atoms with Gasteiger partial charge in [-0.2, -0.15) is 25.3 Å². The molecule has 0 aliphatic carbocycles. The summed E-state index contributed by atoms with van der Waals surface area (Å²) in [6, 6.07) is 0. The van der Waals surface area contributed by atoms with E-state index in [2.05, 4.69) is 49.3 Å². The van der Waals surface area contributed by atoms with Crippen LogP contribution in [0.25, 0.3) is 0 Å². The Morgan fingerprint density at radius 1 is 1.11 bits per heavy atom. The molecule has 0 aliphatic rings. The van der Waals surface area contributed by atoms with Gasteiger partial charge in [-0.3, -0.25) is 0 Å². The summed E-state index contributed by atoms with van der Waals surface area (Å²) in [7, 11) is 1.85. The van der Waals surface area contributed by atoms with Crippen LogP contribution in [0.3, 0.4) is 0 Å². The van der Waals surface area contributed by atoms with Crippen molar-refractivity contribution in [3.05, 3.63) is 0 Å². The van der Waals surface area contributed by atoms with Crippen LogP contribution in [0.2, 0.25) is 0 Å². The van der Waals surface area contributed by atoms with E-state index >= 15 is 0 Å². The van der Waals surface area contributed by atoms with Crippen molar-refractivity contribution in [2.24, 2.45) is 0 Å². The Morgan fingerprint density at radius 2 is 1.44 bits per heavy atom. The van der Waals surface area contributed by atoms with Crippen LogP contribution in [-0.4, -0.2) is 28.1 Å². The van der Waals surface area contributed by atoms with E-state index in [-0.39, 0.29) is 22.2 Å². The van der Waals surface area contributed by atoms with E-state index < -0.39 is 0 Å². The quantitative estimate of drug-likeness (QED) is 0.468. The lowest BCUT2D eigenvalue weighted by atomic mass is 11.9. The minimum Gasteiger partial charge on any atom is -0.184 e. The van der Waals surface area contributed by atoms with Gasteiger partial charge in [0, 0.05) is 30.3 Å². The first-order valence-electron chi connectivity index (χ1n) is 2.53. The van der Waals surface area contributed by atoms with Crippen molar-refractivity contribution in [3.63, 3.8) is 0 Å². The van der Waals surface area contributed by atoms with Crippen LogP contribution in [0.1, 0.15) is 0 Å². The molecule has 5 heteroatoms. The minimum atomic E-state index is 0.114. The number of halogens is 1. The lowest BCUT2D eigenvalue weighted by Crippen LogP contribution is -2.02. The first kappa shape index (κ1) is 10.7. The van der Waals surface area contributed by atoms with Crippen molar-refractivity contribution in [2.75, 3.05) is 25.0 Å². The average Bonchev–Trinajstić information content (AvgIpc) is 1.64. The first-order chi connectivity index (χ1) is 4.09. The zero-order chi connectivity index (χ0) is 7.44. The van der Waals surface area contributed by atoms with Crippen LogP contribution < -0.4 is 0 Å². The Kier molecular flexibility index (Phi) is 6.44. The molecule has 0 saturated heterocycles. The molecule has 0 spiro atoms. The topological polar surface area (TPSA) is 3.24 Å². The number of thiol groups is 2. The summed E-state index contributed by atoms with van der Waals surface area (Å²) in [5.41, 5.74) is 0. The maximum atomic E-state index is 2.49. The highest BCUT2D eigenvalue weighted by Crippen LogP contribution is 2.45. The number of hydrogen-bond acceptors (Lipinski definition) is 2. The molecule has 60 valence electrons. The van der Waals surface area contributed by atoms with Gasteiger partial charge in [-0.15, -0.1) is 0 Å². The molecule has 0 aromatic heterocycles. The van der Waals surface area contributed by atoms with Crippen molar-refractivity contribution in [1.29, 1.82) is 0 Å². The van der Waals surface area contributed by atoms with Crippen LogP contribution >= 0.6 is 52.5 Å². The summed E-state index contributed by atoms with van der Waals surface area (Å²) in [4.78, 5) is 0. The Bertz CT molecular complexity index is 70.2. The van der Waals surface area contributed by atoms with Crippen LogP contribution in [0.4, 0.5) is 0 Å². The van der Waals surface area contributed by atoms with Gasteiger partial charge in [0.05, 0.1) is 0 Å². The number of rotatable bonds is 3. The van der Waals surface area contributed by atoms with Gasteiger partial charge >= 0.3 is 0 Å². The molecule has 0 fully saturated rings. The zero-order valence-corrected chi connectivity index (χ0v) is 10.9. The van der Waals surface area contributed by atoms with Crippen LogP contribution in [0.5, 0.6) is 0 Å². The van der Waals surface area contributed by atoms with Crippen molar-refractivity contribution in [2.45, 2.75) is 0 Å². The summed E-state index contributed by atoms with van der Waals surface area (Å²) in [6.45, 7) is 0. The Labute approximate surface area is 80.0 Å². The van der Waals surface area contributed by atoms with E-state index in [0.717, 1.165) is 0 Å². The normalized spacial score (nSPS) is 14.0. The van der Waals surface area contributed by atoms with Gasteiger partial charge in [0.25, 0.3) is 0 Å². The van der Waals surface area contributed by atoms with Gasteiger partial charge in [-0.25, -0.2) is 0 Å². The lowest BCUT2D eigenvalue weighted by molar-refractivity contribution is 1.28. The molecule has 0 bridgehead atoms. The van der Waals surface area contributed by atoms with E-state index in [0.29, 0.717) is 0 Å². The monoisotopic (exact) mass is 299 g/mol. The molecule has 0 aliphatic heterocycles. The van der Waals surface area contributed by atoms with Gasteiger partial charge < -0.3 is 0 Å².